The Hall–Kier alpha value is -2.02. The van der Waals surface area contributed by atoms with Crippen molar-refractivity contribution in [3.8, 4) is 11.5 Å². The zero-order valence-corrected chi connectivity index (χ0v) is 11.5. The van der Waals surface area contributed by atoms with E-state index in [2.05, 4.69) is 10.9 Å². The second-order valence-electron chi connectivity index (χ2n) is 3.59. The smallest absolute Gasteiger partial charge is 0.279 e. The Morgan fingerprint density at radius 2 is 2.00 bits per heavy atom. The summed E-state index contributed by atoms with van der Waals surface area (Å²) in [7, 11) is 0. The van der Waals surface area contributed by atoms with Gasteiger partial charge < -0.3 is 14.6 Å². The van der Waals surface area contributed by atoms with Crippen molar-refractivity contribution < 1.29 is 19.4 Å². The molecule has 1 rings (SSSR count). The maximum atomic E-state index is 11.7. The van der Waals surface area contributed by atoms with Crippen LogP contribution >= 0.6 is 12.2 Å². The Kier molecular flexibility index (Phi) is 5.87. The maximum absolute atomic E-state index is 11.7. The molecule has 0 aliphatic heterocycles. The molecular formula is C12H16N2O4S. The summed E-state index contributed by atoms with van der Waals surface area (Å²) in [5.41, 5.74) is 4.82. The van der Waals surface area contributed by atoms with Gasteiger partial charge in [0.15, 0.2) is 6.10 Å². The van der Waals surface area contributed by atoms with E-state index >= 15 is 0 Å². The van der Waals surface area contributed by atoms with Gasteiger partial charge in [-0.15, -0.1) is 0 Å². The number of aromatic hydroxyl groups is 1. The number of hydrogen-bond acceptors (Lipinski definition) is 5. The fourth-order valence-corrected chi connectivity index (χ4v) is 1.33. The van der Waals surface area contributed by atoms with E-state index in [1.165, 1.54) is 12.1 Å². The lowest BCUT2D eigenvalue weighted by Gasteiger charge is -2.15. The molecule has 0 bridgehead atoms. The lowest BCUT2D eigenvalue weighted by molar-refractivity contribution is -0.127. The van der Waals surface area contributed by atoms with Gasteiger partial charge in [0.2, 0.25) is 0 Å². The van der Waals surface area contributed by atoms with Gasteiger partial charge in [-0.05, 0) is 50.3 Å². The lowest BCUT2D eigenvalue weighted by Crippen LogP contribution is -2.47. The van der Waals surface area contributed by atoms with Crippen molar-refractivity contribution in [1.29, 1.82) is 0 Å². The molecule has 104 valence electrons. The van der Waals surface area contributed by atoms with Gasteiger partial charge in [-0.2, -0.15) is 0 Å². The lowest BCUT2D eigenvalue weighted by atomic mass is 10.3. The van der Waals surface area contributed by atoms with E-state index in [4.69, 9.17) is 26.8 Å². The fraction of sp³-hybridized carbons (Fsp3) is 0.333. The second kappa shape index (κ2) is 7.42. The van der Waals surface area contributed by atoms with Gasteiger partial charge in [-0.25, -0.2) is 0 Å². The highest BCUT2D eigenvalue weighted by molar-refractivity contribution is 7.80. The van der Waals surface area contributed by atoms with Crippen LogP contribution in [0.2, 0.25) is 0 Å². The van der Waals surface area contributed by atoms with Crippen molar-refractivity contribution in [2.24, 2.45) is 0 Å². The van der Waals surface area contributed by atoms with Crippen LogP contribution in [-0.4, -0.2) is 28.9 Å². The van der Waals surface area contributed by atoms with Crippen molar-refractivity contribution in [2.75, 3.05) is 6.61 Å². The molecule has 0 radical (unpaired) electrons. The average Bonchev–Trinajstić information content (AvgIpc) is 2.39. The number of ether oxygens (including phenoxy) is 2. The summed E-state index contributed by atoms with van der Waals surface area (Å²) in [6, 6.07) is 6.08. The molecular weight excluding hydrogens is 268 g/mol. The van der Waals surface area contributed by atoms with Crippen LogP contribution < -0.4 is 15.6 Å². The Morgan fingerprint density at radius 3 is 2.58 bits per heavy atom. The third-order valence-electron chi connectivity index (χ3n) is 2.08. The molecule has 6 nitrogen and oxygen atoms in total. The number of phenolic OH excluding ortho intramolecular Hbond substituents is 1. The fourth-order valence-electron chi connectivity index (χ4n) is 1.16. The van der Waals surface area contributed by atoms with Crippen LogP contribution in [0.15, 0.2) is 24.3 Å². The highest BCUT2D eigenvalue weighted by Crippen LogP contribution is 2.17. The molecule has 0 saturated heterocycles. The number of carbonyl (C=O) groups is 1. The first-order chi connectivity index (χ1) is 9.02. The van der Waals surface area contributed by atoms with Crippen LogP contribution in [0.5, 0.6) is 11.5 Å². The largest absolute Gasteiger partial charge is 0.508 e. The first-order valence-electron chi connectivity index (χ1n) is 5.71. The van der Waals surface area contributed by atoms with Crippen molar-refractivity contribution in [1.82, 2.24) is 10.9 Å². The monoisotopic (exact) mass is 284 g/mol. The third kappa shape index (κ3) is 5.43. The molecule has 1 amide bonds. The van der Waals surface area contributed by atoms with Crippen LogP contribution in [0, 0.1) is 0 Å². The summed E-state index contributed by atoms with van der Waals surface area (Å²) >= 11 is 4.79. The minimum atomic E-state index is -0.721. The zero-order valence-electron chi connectivity index (χ0n) is 10.7. The number of nitrogens with one attached hydrogen (secondary N) is 2. The minimum absolute atomic E-state index is 0.0904. The summed E-state index contributed by atoms with van der Waals surface area (Å²) in [4.78, 5) is 11.7. The number of thiocarbonyl (C=S) groups is 1. The Labute approximate surface area is 116 Å². The Bertz CT molecular complexity index is 436. The number of benzene rings is 1. The van der Waals surface area contributed by atoms with E-state index < -0.39 is 12.0 Å². The molecule has 0 saturated carbocycles. The molecule has 0 spiro atoms. The number of amides is 1. The van der Waals surface area contributed by atoms with Crippen LogP contribution in [0.4, 0.5) is 0 Å². The summed E-state index contributed by atoms with van der Waals surface area (Å²) < 4.78 is 10.3. The van der Waals surface area contributed by atoms with E-state index in [0.717, 1.165) is 0 Å². The molecule has 0 aromatic heterocycles. The summed E-state index contributed by atoms with van der Waals surface area (Å²) in [5.74, 6) is 0.219. The number of phenols is 1. The third-order valence-corrected chi connectivity index (χ3v) is 2.30. The van der Waals surface area contributed by atoms with Gasteiger partial charge in [-0.3, -0.25) is 15.6 Å². The SMILES string of the molecule is CCOC(=S)NNC(=O)[C@@H](C)Oc1ccc(O)cc1. The molecule has 0 heterocycles. The molecule has 0 unspecified atom stereocenters. The van der Waals surface area contributed by atoms with E-state index in [0.29, 0.717) is 12.4 Å². The number of hydrogen-bond donors (Lipinski definition) is 3. The van der Waals surface area contributed by atoms with E-state index in [1.807, 2.05) is 0 Å². The van der Waals surface area contributed by atoms with Gasteiger partial charge in [0.05, 0.1) is 6.61 Å². The number of rotatable bonds is 4. The molecule has 19 heavy (non-hydrogen) atoms. The maximum Gasteiger partial charge on any atom is 0.279 e. The van der Waals surface area contributed by atoms with Crippen LogP contribution in [-0.2, 0) is 9.53 Å². The minimum Gasteiger partial charge on any atom is -0.508 e. The first-order valence-corrected chi connectivity index (χ1v) is 6.12. The van der Waals surface area contributed by atoms with E-state index in [1.54, 1.807) is 26.0 Å². The molecule has 7 heteroatoms. The summed E-state index contributed by atoms with van der Waals surface area (Å²) in [5, 5.41) is 9.21. The molecule has 3 N–H and O–H groups in total. The zero-order chi connectivity index (χ0) is 14.3. The van der Waals surface area contributed by atoms with Crippen LogP contribution in [0.25, 0.3) is 0 Å². The summed E-state index contributed by atoms with van der Waals surface area (Å²) in [6.07, 6.45) is -0.721. The van der Waals surface area contributed by atoms with Gasteiger partial charge in [0, 0.05) is 0 Å². The van der Waals surface area contributed by atoms with Gasteiger partial charge in [-0.1, -0.05) is 0 Å². The standard InChI is InChI=1S/C12H16N2O4S/c1-3-17-12(19)14-13-11(16)8(2)18-10-6-4-9(15)5-7-10/h4-8,15H,3H2,1-2H3,(H,13,16)(H,14,19)/t8-/m1/s1. The van der Waals surface area contributed by atoms with Crippen LogP contribution in [0.3, 0.4) is 0 Å². The van der Waals surface area contributed by atoms with Crippen molar-refractivity contribution in [2.45, 2.75) is 20.0 Å². The van der Waals surface area contributed by atoms with Gasteiger partial charge in [0.1, 0.15) is 11.5 Å². The molecule has 1 aromatic carbocycles. The second-order valence-corrected chi connectivity index (χ2v) is 3.96. The molecule has 1 atom stereocenters. The molecule has 1 aromatic rings. The van der Waals surface area contributed by atoms with E-state index in [-0.39, 0.29) is 10.9 Å². The highest BCUT2D eigenvalue weighted by atomic mass is 32.1. The van der Waals surface area contributed by atoms with Gasteiger partial charge in [0.25, 0.3) is 11.1 Å². The molecule has 0 fully saturated rings. The topological polar surface area (TPSA) is 79.8 Å². The number of hydrazine groups is 1. The van der Waals surface area contributed by atoms with Crippen molar-refractivity contribution >= 4 is 23.3 Å². The first kappa shape index (κ1) is 15.0. The quantitative estimate of drug-likeness (QED) is 0.567. The highest BCUT2D eigenvalue weighted by Gasteiger charge is 2.14. The predicted octanol–water partition coefficient (Wildman–Crippen LogP) is 1.10. The molecule has 0 aliphatic carbocycles. The van der Waals surface area contributed by atoms with Crippen molar-refractivity contribution in [3.05, 3.63) is 24.3 Å². The molecule has 0 aliphatic rings. The summed E-state index contributed by atoms with van der Waals surface area (Å²) in [6.45, 7) is 3.79. The van der Waals surface area contributed by atoms with Gasteiger partial charge >= 0.3 is 0 Å². The normalized spacial score (nSPS) is 11.3. The predicted molar refractivity (Wildman–Crippen MR) is 73.7 cm³/mol. The van der Waals surface area contributed by atoms with Crippen molar-refractivity contribution in [3.63, 3.8) is 0 Å². The average molecular weight is 284 g/mol. The van der Waals surface area contributed by atoms with Crippen LogP contribution in [0.1, 0.15) is 13.8 Å². The Balaban J connectivity index is 2.40. The number of carbonyl (C=O) groups excluding carboxylic acids is 1. The Morgan fingerprint density at radius 1 is 1.37 bits per heavy atom. The van der Waals surface area contributed by atoms with E-state index in [9.17, 15) is 4.79 Å².